The molecule has 0 spiro atoms. The van der Waals surface area contributed by atoms with Crippen LogP contribution in [0.3, 0.4) is 0 Å². The van der Waals surface area contributed by atoms with Crippen molar-refractivity contribution in [2.24, 2.45) is 0 Å². The van der Waals surface area contributed by atoms with Gasteiger partial charge in [-0.3, -0.25) is 0 Å². The molecule has 0 saturated carbocycles. The van der Waals surface area contributed by atoms with Crippen LogP contribution in [0.2, 0.25) is 0 Å². The van der Waals surface area contributed by atoms with Crippen molar-refractivity contribution in [2.45, 2.75) is 38.8 Å². The zero-order valence-corrected chi connectivity index (χ0v) is 14.6. The fourth-order valence-corrected chi connectivity index (χ4v) is 3.43. The van der Waals surface area contributed by atoms with E-state index in [2.05, 4.69) is 41.8 Å². The average Bonchev–Trinajstić information content (AvgIpc) is 3.30. The zero-order chi connectivity index (χ0) is 17.1. The highest BCUT2D eigenvalue weighted by Crippen LogP contribution is 2.30. The first-order valence-corrected chi connectivity index (χ1v) is 9.13. The van der Waals surface area contributed by atoms with Crippen LogP contribution in [-0.2, 0) is 17.7 Å². The molecule has 1 aromatic heterocycles. The summed E-state index contributed by atoms with van der Waals surface area (Å²) in [5.74, 6) is 1.95. The van der Waals surface area contributed by atoms with Crippen LogP contribution >= 0.6 is 0 Å². The Hall–Kier alpha value is -2.33. The molecule has 2 aromatic carbocycles. The summed E-state index contributed by atoms with van der Waals surface area (Å²) in [6.07, 6.45) is 3.30. The summed E-state index contributed by atoms with van der Waals surface area (Å²) in [5.41, 5.74) is 3.51. The molecule has 4 nitrogen and oxygen atoms in total. The van der Waals surface area contributed by atoms with Gasteiger partial charge in [-0.1, -0.05) is 31.2 Å². The topological polar surface area (TPSA) is 36.3 Å². The predicted octanol–water partition coefficient (Wildman–Crippen LogP) is 4.53. The van der Waals surface area contributed by atoms with Crippen LogP contribution in [0.5, 0.6) is 5.75 Å². The maximum absolute atomic E-state index is 5.96. The molecule has 0 bridgehead atoms. The molecule has 130 valence electrons. The third-order valence-corrected chi connectivity index (χ3v) is 4.82. The van der Waals surface area contributed by atoms with Gasteiger partial charge in [0, 0.05) is 6.61 Å². The first kappa shape index (κ1) is 16.2. The fraction of sp³-hybridized carbons (Fsp3) is 0.381. The van der Waals surface area contributed by atoms with Crippen LogP contribution < -0.4 is 4.74 Å². The maximum Gasteiger partial charge on any atom is 0.139 e. The lowest BCUT2D eigenvalue weighted by Crippen LogP contribution is -2.13. The van der Waals surface area contributed by atoms with Crippen LogP contribution in [0, 0.1) is 0 Å². The average molecular weight is 336 g/mol. The summed E-state index contributed by atoms with van der Waals surface area (Å²) in [7, 11) is 0. The molecule has 25 heavy (non-hydrogen) atoms. The van der Waals surface area contributed by atoms with E-state index in [1.54, 1.807) is 0 Å². The van der Waals surface area contributed by atoms with Crippen molar-refractivity contribution in [1.29, 1.82) is 0 Å². The number of nitrogens with zero attached hydrogens (tertiary/aromatic N) is 2. The number of fused-ring (bicyclic) bond motifs is 1. The molecule has 0 unspecified atom stereocenters. The first-order chi connectivity index (χ1) is 12.3. The normalized spacial score (nSPS) is 17.2. The van der Waals surface area contributed by atoms with E-state index in [-0.39, 0.29) is 6.10 Å². The van der Waals surface area contributed by atoms with Crippen LogP contribution in [-0.4, -0.2) is 22.8 Å². The number of para-hydroxylation sites is 2. The number of hydrogen-bond acceptors (Lipinski definition) is 3. The van der Waals surface area contributed by atoms with Crippen molar-refractivity contribution in [3.05, 3.63) is 59.9 Å². The molecule has 4 heteroatoms. The Bertz CT molecular complexity index is 833. The highest BCUT2D eigenvalue weighted by atomic mass is 16.5. The molecular formula is C21H24N2O2. The van der Waals surface area contributed by atoms with E-state index in [9.17, 15) is 0 Å². The van der Waals surface area contributed by atoms with Crippen molar-refractivity contribution >= 4 is 11.0 Å². The summed E-state index contributed by atoms with van der Waals surface area (Å²) in [6, 6.07) is 16.6. The molecule has 1 fully saturated rings. The van der Waals surface area contributed by atoms with Gasteiger partial charge in [0.15, 0.2) is 0 Å². The summed E-state index contributed by atoms with van der Waals surface area (Å²) in [4.78, 5) is 4.83. The molecule has 2 heterocycles. The first-order valence-electron chi connectivity index (χ1n) is 9.13. The molecule has 0 radical (unpaired) electrons. The molecular weight excluding hydrogens is 312 g/mol. The molecule has 1 aliphatic heterocycles. The lowest BCUT2D eigenvalue weighted by atomic mass is 10.2. The van der Waals surface area contributed by atoms with Crippen LogP contribution in [0.15, 0.2) is 48.5 Å². The Balaban J connectivity index is 1.52. The number of hydrogen-bond donors (Lipinski definition) is 0. The van der Waals surface area contributed by atoms with E-state index in [0.717, 1.165) is 55.0 Å². The second-order valence-electron chi connectivity index (χ2n) is 6.46. The van der Waals surface area contributed by atoms with Gasteiger partial charge < -0.3 is 14.0 Å². The predicted molar refractivity (Wildman–Crippen MR) is 99.0 cm³/mol. The third kappa shape index (κ3) is 3.40. The molecule has 0 amide bonds. The third-order valence-electron chi connectivity index (χ3n) is 4.82. The number of rotatable bonds is 6. The molecule has 0 N–H and O–H groups in total. The minimum atomic E-state index is 0.108. The quantitative estimate of drug-likeness (QED) is 0.663. The Labute approximate surface area is 148 Å². The zero-order valence-electron chi connectivity index (χ0n) is 14.6. The standard InChI is InChI=1S/C21H24N2O2/c1-2-16-9-11-17(12-10-16)24-15-13-23-19-7-4-3-6-18(19)22-21(23)20-8-5-14-25-20/h3-4,6-7,9-12,20H,2,5,8,13-15H2,1H3/t20-/m1/s1. The van der Waals surface area contributed by atoms with Crippen molar-refractivity contribution in [3.8, 4) is 5.75 Å². The summed E-state index contributed by atoms with van der Waals surface area (Å²) >= 11 is 0. The van der Waals surface area contributed by atoms with E-state index in [4.69, 9.17) is 14.5 Å². The van der Waals surface area contributed by atoms with E-state index >= 15 is 0 Å². The van der Waals surface area contributed by atoms with Crippen LogP contribution in [0.1, 0.15) is 37.3 Å². The van der Waals surface area contributed by atoms with E-state index in [1.807, 2.05) is 18.2 Å². The van der Waals surface area contributed by atoms with Gasteiger partial charge in [-0.2, -0.15) is 0 Å². The smallest absolute Gasteiger partial charge is 0.139 e. The van der Waals surface area contributed by atoms with E-state index < -0.39 is 0 Å². The Morgan fingerprint density at radius 3 is 2.76 bits per heavy atom. The van der Waals surface area contributed by atoms with Crippen LogP contribution in [0.4, 0.5) is 0 Å². The summed E-state index contributed by atoms with van der Waals surface area (Å²) < 4.78 is 14.1. The SMILES string of the molecule is CCc1ccc(OCCn2c([C@H]3CCCO3)nc3ccccc32)cc1. The van der Waals surface area contributed by atoms with Gasteiger partial charge in [-0.25, -0.2) is 4.98 Å². The minimum absolute atomic E-state index is 0.108. The van der Waals surface area contributed by atoms with Gasteiger partial charge in [0.2, 0.25) is 0 Å². The minimum Gasteiger partial charge on any atom is -0.492 e. The Morgan fingerprint density at radius 1 is 1.16 bits per heavy atom. The number of benzene rings is 2. The second-order valence-corrected chi connectivity index (χ2v) is 6.46. The summed E-state index contributed by atoms with van der Waals surface area (Å²) in [5, 5.41) is 0. The largest absolute Gasteiger partial charge is 0.492 e. The number of ether oxygens (including phenoxy) is 2. The number of imidazole rings is 1. The molecule has 1 aliphatic rings. The molecule has 1 atom stereocenters. The molecule has 0 aliphatic carbocycles. The molecule has 4 rings (SSSR count). The van der Waals surface area contributed by atoms with Crippen molar-refractivity contribution in [2.75, 3.05) is 13.2 Å². The Kier molecular flexibility index (Phi) is 4.70. The highest BCUT2D eigenvalue weighted by molar-refractivity contribution is 5.76. The summed E-state index contributed by atoms with van der Waals surface area (Å²) in [6.45, 7) is 4.37. The lowest BCUT2D eigenvalue weighted by Gasteiger charge is -2.14. The van der Waals surface area contributed by atoms with Crippen molar-refractivity contribution < 1.29 is 9.47 Å². The monoisotopic (exact) mass is 336 g/mol. The van der Waals surface area contributed by atoms with Gasteiger partial charge in [-0.15, -0.1) is 0 Å². The maximum atomic E-state index is 5.96. The number of aryl methyl sites for hydroxylation is 1. The van der Waals surface area contributed by atoms with Gasteiger partial charge in [0.1, 0.15) is 24.3 Å². The van der Waals surface area contributed by atoms with Gasteiger partial charge in [0.05, 0.1) is 17.6 Å². The fourth-order valence-electron chi connectivity index (χ4n) is 3.43. The highest BCUT2D eigenvalue weighted by Gasteiger charge is 2.24. The van der Waals surface area contributed by atoms with Crippen LogP contribution in [0.25, 0.3) is 11.0 Å². The van der Waals surface area contributed by atoms with Gasteiger partial charge in [-0.05, 0) is 49.1 Å². The second kappa shape index (κ2) is 7.28. The van der Waals surface area contributed by atoms with Gasteiger partial charge >= 0.3 is 0 Å². The lowest BCUT2D eigenvalue weighted by molar-refractivity contribution is 0.101. The van der Waals surface area contributed by atoms with E-state index in [0.29, 0.717) is 6.61 Å². The van der Waals surface area contributed by atoms with Crippen molar-refractivity contribution in [3.63, 3.8) is 0 Å². The number of aromatic nitrogens is 2. The van der Waals surface area contributed by atoms with E-state index in [1.165, 1.54) is 5.56 Å². The molecule has 1 saturated heterocycles. The van der Waals surface area contributed by atoms with Crippen molar-refractivity contribution in [1.82, 2.24) is 9.55 Å². The Morgan fingerprint density at radius 2 is 2.00 bits per heavy atom. The van der Waals surface area contributed by atoms with Gasteiger partial charge in [0.25, 0.3) is 0 Å². The molecule has 3 aromatic rings.